The molecule has 12 rings (SSSR count). The molecule has 3 aromatic heterocycles. The van der Waals surface area contributed by atoms with Crippen molar-refractivity contribution in [2.45, 2.75) is 19.3 Å². The molecule has 5 heterocycles. The second kappa shape index (κ2) is 15.4. The Morgan fingerprint density at radius 3 is 1.16 bits per heavy atom. The zero-order valence-electron chi connectivity index (χ0n) is 34.6. The number of hydrogen-bond acceptors (Lipinski definition) is 2. The number of benzene rings is 6. The molecule has 6 aromatic carbocycles. The van der Waals surface area contributed by atoms with Crippen molar-refractivity contribution >= 4 is 46.4 Å². The fourth-order valence-corrected chi connectivity index (χ4v) is 9.83. The molecule has 63 heavy (non-hydrogen) atoms. The molecule has 0 atom stereocenters. The summed E-state index contributed by atoms with van der Waals surface area (Å²) in [6, 6.07) is 65.2. The summed E-state index contributed by atoms with van der Waals surface area (Å²) in [5, 5.41) is 0. The van der Waals surface area contributed by atoms with Crippen molar-refractivity contribution < 1.29 is 0 Å². The minimum Gasteiger partial charge on any atom is -0.354 e. The first-order valence-corrected chi connectivity index (χ1v) is 21.9. The largest absolute Gasteiger partial charge is 0.354 e. The molecule has 0 radical (unpaired) electrons. The van der Waals surface area contributed by atoms with E-state index >= 15 is 0 Å². The Labute approximate surface area is 366 Å². The molecular weight excluding hydrogens is 765 g/mol. The summed E-state index contributed by atoms with van der Waals surface area (Å²) in [4.78, 5) is 19.2. The van der Waals surface area contributed by atoms with E-state index in [-0.39, 0.29) is 0 Å². The Balaban J connectivity index is 1.31. The fourth-order valence-electron chi connectivity index (χ4n) is 9.83. The monoisotopic (exact) mass is 806 g/mol. The van der Waals surface area contributed by atoms with Gasteiger partial charge < -0.3 is 9.97 Å². The van der Waals surface area contributed by atoms with Crippen LogP contribution in [0.25, 0.3) is 113 Å². The van der Waals surface area contributed by atoms with E-state index in [2.05, 4.69) is 216 Å². The number of hydrogen-bond donors (Lipinski definition) is 2. The zero-order valence-corrected chi connectivity index (χ0v) is 34.6. The molecule has 4 nitrogen and oxygen atoms in total. The summed E-state index contributed by atoms with van der Waals surface area (Å²) in [5.41, 5.74) is 23.7. The van der Waals surface area contributed by atoms with Crippen molar-refractivity contribution in [2.75, 3.05) is 0 Å². The molecule has 9 aromatic rings. The smallest absolute Gasteiger partial charge is 0.0737 e. The van der Waals surface area contributed by atoms with Crippen LogP contribution in [0.2, 0.25) is 0 Å². The minimum absolute atomic E-state index is 0.895. The topological polar surface area (TPSA) is 57.4 Å². The van der Waals surface area contributed by atoms with Gasteiger partial charge in [-0.3, -0.25) is 0 Å². The third-order valence-electron chi connectivity index (χ3n) is 12.7. The highest BCUT2D eigenvalue weighted by molar-refractivity contribution is 6.06. The molecule has 0 saturated heterocycles. The molecule has 2 N–H and O–H groups in total. The van der Waals surface area contributed by atoms with Crippen molar-refractivity contribution in [2.24, 2.45) is 0 Å². The second-order valence-electron chi connectivity index (χ2n) is 16.5. The number of fused-ring (bicyclic) bond motifs is 9. The van der Waals surface area contributed by atoms with Gasteiger partial charge in [-0.25, -0.2) is 9.97 Å². The van der Waals surface area contributed by atoms with Crippen molar-refractivity contribution in [1.29, 1.82) is 0 Å². The lowest BCUT2D eigenvalue weighted by atomic mass is 9.89. The van der Waals surface area contributed by atoms with E-state index in [9.17, 15) is 0 Å². The van der Waals surface area contributed by atoms with Crippen molar-refractivity contribution in [3.05, 3.63) is 216 Å². The van der Waals surface area contributed by atoms with Crippen LogP contribution in [0, 0.1) is 0 Å². The van der Waals surface area contributed by atoms with Gasteiger partial charge >= 0.3 is 0 Å². The summed E-state index contributed by atoms with van der Waals surface area (Å²) in [6.07, 6.45) is 12.1. The predicted octanol–water partition coefficient (Wildman–Crippen LogP) is 15.1. The molecule has 0 amide bonds. The van der Waals surface area contributed by atoms with Gasteiger partial charge in [-0.15, -0.1) is 0 Å². The van der Waals surface area contributed by atoms with E-state index in [0.29, 0.717) is 0 Å². The molecule has 2 aliphatic heterocycles. The SMILES string of the molecule is C1=Cc2nc1c(-c1ccccc1)c1ccc([nH]1)c(-c1ccccc1)c1nc(c(-c3ccccc3)c3[nH]c(cc3-c3cc4c(cc3-c3ccccc3)CCC4)c2-c2ccccc2)C=C1. The van der Waals surface area contributed by atoms with Crippen LogP contribution < -0.4 is 0 Å². The maximum absolute atomic E-state index is 5.62. The molecular formula is C59H42N4. The first-order valence-electron chi connectivity index (χ1n) is 21.9. The van der Waals surface area contributed by atoms with Gasteiger partial charge in [0.2, 0.25) is 0 Å². The maximum Gasteiger partial charge on any atom is 0.0737 e. The number of aryl methyl sites for hydroxylation is 2. The molecule has 3 aliphatic rings. The summed E-state index contributed by atoms with van der Waals surface area (Å²) in [5.74, 6) is 0. The summed E-state index contributed by atoms with van der Waals surface area (Å²) < 4.78 is 0. The van der Waals surface area contributed by atoms with Crippen LogP contribution in [0.5, 0.6) is 0 Å². The van der Waals surface area contributed by atoms with Crippen LogP contribution in [-0.2, 0) is 12.8 Å². The van der Waals surface area contributed by atoms with Crippen LogP contribution in [0.15, 0.2) is 182 Å². The molecule has 4 heteroatoms. The molecule has 1 aliphatic carbocycles. The summed E-state index contributed by atoms with van der Waals surface area (Å²) in [6.45, 7) is 0. The van der Waals surface area contributed by atoms with E-state index in [1.807, 2.05) is 0 Å². The number of nitrogens with zero attached hydrogens (tertiary/aromatic N) is 2. The minimum atomic E-state index is 0.895. The van der Waals surface area contributed by atoms with E-state index in [1.165, 1.54) is 34.2 Å². The van der Waals surface area contributed by atoms with Gasteiger partial charge in [0.05, 0.1) is 28.3 Å². The predicted molar refractivity (Wildman–Crippen MR) is 263 cm³/mol. The standard InChI is InChI=1S/C59H42N4/c1-6-17-38(18-7-1)45-35-43-27-16-28-44(43)36-46(45)47-37-54-57(41-23-12-4-13-24-41)52-32-31-50(61-52)55(39-19-8-2-9-20-39)48-29-30-49(60-48)56(40-21-10-3-11-22-40)51-33-34-53(62-51)58(59(47)63-54)42-25-14-5-15-26-42/h1-15,17-26,29-37,60,63H,16,27-28H2. The zero-order chi connectivity index (χ0) is 41.7. The molecule has 0 saturated carbocycles. The number of H-pyrrole nitrogens is 2. The Hall–Kier alpha value is -8.08. The number of aromatic nitrogens is 4. The average molecular weight is 807 g/mol. The highest BCUT2D eigenvalue weighted by atomic mass is 14.8. The van der Waals surface area contributed by atoms with Gasteiger partial charge in [0.15, 0.2) is 0 Å². The first-order chi connectivity index (χ1) is 31.2. The Kier molecular flexibility index (Phi) is 9.00. The molecule has 298 valence electrons. The highest BCUT2D eigenvalue weighted by Gasteiger charge is 2.24. The Morgan fingerprint density at radius 1 is 0.317 bits per heavy atom. The quantitative estimate of drug-likeness (QED) is 0.176. The Bertz CT molecular complexity index is 3430. The van der Waals surface area contributed by atoms with Crippen molar-refractivity contribution in [1.82, 2.24) is 19.9 Å². The summed E-state index contributed by atoms with van der Waals surface area (Å²) >= 11 is 0. The van der Waals surface area contributed by atoms with Crippen LogP contribution in [0.1, 0.15) is 40.3 Å². The summed E-state index contributed by atoms with van der Waals surface area (Å²) in [7, 11) is 0. The highest BCUT2D eigenvalue weighted by Crippen LogP contribution is 2.45. The average Bonchev–Trinajstić information content (AvgIpc) is 4.21. The van der Waals surface area contributed by atoms with Crippen LogP contribution in [0.3, 0.4) is 0 Å². The van der Waals surface area contributed by atoms with Crippen molar-refractivity contribution in [3.63, 3.8) is 0 Å². The van der Waals surface area contributed by atoms with Gasteiger partial charge in [-0.2, -0.15) is 0 Å². The van der Waals surface area contributed by atoms with Crippen LogP contribution in [-0.4, -0.2) is 19.9 Å². The van der Waals surface area contributed by atoms with Crippen LogP contribution in [0.4, 0.5) is 0 Å². The normalized spacial score (nSPS) is 12.8. The van der Waals surface area contributed by atoms with Crippen molar-refractivity contribution in [3.8, 4) is 66.8 Å². The lowest BCUT2D eigenvalue weighted by molar-refractivity contribution is 0.912. The van der Waals surface area contributed by atoms with Gasteiger partial charge in [-0.05, 0) is 112 Å². The molecule has 0 spiro atoms. The molecule has 0 fully saturated rings. The van der Waals surface area contributed by atoms with Gasteiger partial charge in [0.25, 0.3) is 0 Å². The Morgan fingerprint density at radius 2 is 0.698 bits per heavy atom. The number of rotatable bonds is 6. The molecule has 8 bridgehead atoms. The fraction of sp³-hybridized carbons (Fsp3) is 0.0508. The number of aromatic amines is 2. The van der Waals surface area contributed by atoms with E-state index in [1.54, 1.807) is 0 Å². The third kappa shape index (κ3) is 6.55. The first kappa shape index (κ1) is 36.7. The van der Waals surface area contributed by atoms with E-state index < -0.39 is 0 Å². The third-order valence-corrected chi connectivity index (χ3v) is 12.7. The lowest BCUT2D eigenvalue weighted by Gasteiger charge is -2.14. The van der Waals surface area contributed by atoms with Gasteiger partial charge in [-0.1, -0.05) is 164 Å². The van der Waals surface area contributed by atoms with Gasteiger partial charge in [0.1, 0.15) is 0 Å². The van der Waals surface area contributed by atoms with Crippen LogP contribution >= 0.6 is 0 Å². The number of nitrogens with one attached hydrogen (secondary N) is 2. The second-order valence-corrected chi connectivity index (χ2v) is 16.5. The lowest BCUT2D eigenvalue weighted by Crippen LogP contribution is -1.92. The maximum atomic E-state index is 5.62. The van der Waals surface area contributed by atoms with E-state index in [0.717, 1.165) is 108 Å². The van der Waals surface area contributed by atoms with Gasteiger partial charge in [0, 0.05) is 44.4 Å². The molecule has 0 unspecified atom stereocenters. The van der Waals surface area contributed by atoms with E-state index in [4.69, 9.17) is 9.97 Å².